The second-order valence-corrected chi connectivity index (χ2v) is 4.09. The Morgan fingerprint density at radius 1 is 1.39 bits per heavy atom. The highest BCUT2D eigenvalue weighted by atomic mass is 16.5. The number of methoxy groups -OCH3 is 1. The minimum absolute atomic E-state index is 0.164. The van der Waals surface area contributed by atoms with Gasteiger partial charge in [-0.15, -0.1) is 0 Å². The molecule has 0 amide bonds. The van der Waals surface area contributed by atoms with E-state index >= 15 is 0 Å². The van der Waals surface area contributed by atoms with Crippen molar-refractivity contribution >= 4 is 5.97 Å². The van der Waals surface area contributed by atoms with Crippen molar-refractivity contribution in [3.05, 3.63) is 36.0 Å². The van der Waals surface area contributed by atoms with Crippen LogP contribution in [0.2, 0.25) is 0 Å². The minimum atomic E-state index is -0.513. The molecule has 94 valence electrons. The quantitative estimate of drug-likeness (QED) is 0.769. The van der Waals surface area contributed by atoms with E-state index in [-0.39, 0.29) is 5.69 Å². The number of nitrogens with zero attached hydrogens (tertiary/aromatic N) is 4. The molecule has 0 fully saturated rings. The Labute approximate surface area is 105 Å². The summed E-state index contributed by atoms with van der Waals surface area (Å²) in [4.78, 5) is 19.5. The highest BCUT2D eigenvalue weighted by Crippen LogP contribution is 2.12. The summed E-state index contributed by atoms with van der Waals surface area (Å²) in [7, 11) is 1.31. The molecule has 2 heterocycles. The van der Waals surface area contributed by atoms with Crippen molar-refractivity contribution in [2.75, 3.05) is 7.11 Å². The number of hydrogen-bond donors (Lipinski definition) is 0. The summed E-state index contributed by atoms with van der Waals surface area (Å²) in [6, 6.07) is 1.91. The first-order valence-corrected chi connectivity index (χ1v) is 5.58. The van der Waals surface area contributed by atoms with Crippen molar-refractivity contribution in [2.24, 2.45) is 0 Å². The highest BCUT2D eigenvalue weighted by molar-refractivity contribution is 5.86. The van der Waals surface area contributed by atoms with Gasteiger partial charge in [-0.2, -0.15) is 5.10 Å². The highest BCUT2D eigenvalue weighted by Gasteiger charge is 2.11. The maximum atomic E-state index is 11.4. The summed E-state index contributed by atoms with van der Waals surface area (Å²) in [5.74, 6) is 0.313. The molecule has 0 aliphatic heterocycles. The molecule has 0 saturated carbocycles. The molecule has 0 N–H and O–H groups in total. The molecule has 0 atom stereocenters. The maximum Gasteiger partial charge on any atom is 0.358 e. The molecule has 6 heteroatoms. The number of carbonyl (C=O) groups excluding carboxylic acids is 1. The van der Waals surface area contributed by atoms with Crippen molar-refractivity contribution in [1.29, 1.82) is 0 Å². The summed E-state index contributed by atoms with van der Waals surface area (Å²) in [5.41, 5.74) is 1.12. The molecule has 2 aromatic heterocycles. The van der Waals surface area contributed by atoms with Crippen LogP contribution < -0.4 is 0 Å². The monoisotopic (exact) mass is 246 g/mol. The van der Waals surface area contributed by atoms with Gasteiger partial charge in [-0.3, -0.25) is 4.98 Å². The molecule has 0 aliphatic carbocycles. The number of rotatable bonds is 3. The van der Waals surface area contributed by atoms with Crippen LogP contribution in [-0.4, -0.2) is 32.8 Å². The summed E-state index contributed by atoms with van der Waals surface area (Å²) in [6.45, 7) is 4.12. The third-order valence-corrected chi connectivity index (χ3v) is 2.45. The SMILES string of the molecule is COC(=O)c1cncc(-n2ccc(C(C)C)n2)n1. The number of hydrogen-bond acceptors (Lipinski definition) is 5. The molecule has 0 aliphatic rings. The molecule has 6 nitrogen and oxygen atoms in total. The zero-order valence-electron chi connectivity index (χ0n) is 10.5. The summed E-state index contributed by atoms with van der Waals surface area (Å²) in [5, 5.41) is 4.37. The lowest BCUT2D eigenvalue weighted by Gasteiger charge is -2.03. The lowest BCUT2D eigenvalue weighted by Crippen LogP contribution is -2.08. The van der Waals surface area contributed by atoms with Gasteiger partial charge in [0.05, 0.1) is 25.2 Å². The van der Waals surface area contributed by atoms with Crippen molar-refractivity contribution in [2.45, 2.75) is 19.8 Å². The molecule has 18 heavy (non-hydrogen) atoms. The van der Waals surface area contributed by atoms with Gasteiger partial charge in [0.1, 0.15) is 0 Å². The summed E-state index contributed by atoms with van der Waals surface area (Å²) in [6.07, 6.45) is 4.70. The van der Waals surface area contributed by atoms with E-state index in [1.54, 1.807) is 17.1 Å². The maximum absolute atomic E-state index is 11.4. The minimum Gasteiger partial charge on any atom is -0.464 e. The van der Waals surface area contributed by atoms with Crippen molar-refractivity contribution in [3.8, 4) is 5.82 Å². The first-order chi connectivity index (χ1) is 8.61. The lowest BCUT2D eigenvalue weighted by molar-refractivity contribution is 0.0593. The molecular weight excluding hydrogens is 232 g/mol. The molecule has 0 aromatic carbocycles. The number of esters is 1. The predicted molar refractivity (Wildman–Crippen MR) is 64.6 cm³/mol. The fourth-order valence-electron chi connectivity index (χ4n) is 1.44. The van der Waals surface area contributed by atoms with Crippen LogP contribution in [0.25, 0.3) is 5.82 Å². The topological polar surface area (TPSA) is 69.9 Å². The number of ether oxygens (including phenoxy) is 1. The van der Waals surface area contributed by atoms with E-state index in [1.165, 1.54) is 13.3 Å². The van der Waals surface area contributed by atoms with Crippen LogP contribution >= 0.6 is 0 Å². The van der Waals surface area contributed by atoms with Gasteiger partial charge in [0, 0.05) is 6.20 Å². The Morgan fingerprint density at radius 2 is 2.17 bits per heavy atom. The van der Waals surface area contributed by atoms with Gasteiger partial charge in [-0.25, -0.2) is 14.5 Å². The average molecular weight is 246 g/mol. The molecule has 2 rings (SSSR count). The fraction of sp³-hybridized carbons (Fsp3) is 0.333. The van der Waals surface area contributed by atoms with Crippen LogP contribution in [0.1, 0.15) is 35.9 Å². The summed E-state index contributed by atoms with van der Waals surface area (Å²) < 4.78 is 6.19. The van der Waals surface area contributed by atoms with Crippen LogP contribution in [0.5, 0.6) is 0 Å². The van der Waals surface area contributed by atoms with Crippen molar-refractivity contribution in [1.82, 2.24) is 19.7 Å². The van der Waals surface area contributed by atoms with E-state index in [4.69, 9.17) is 0 Å². The van der Waals surface area contributed by atoms with E-state index in [2.05, 4.69) is 33.7 Å². The van der Waals surface area contributed by atoms with Gasteiger partial charge in [-0.05, 0) is 12.0 Å². The van der Waals surface area contributed by atoms with Crippen LogP contribution in [-0.2, 0) is 4.74 Å². The van der Waals surface area contributed by atoms with E-state index in [1.807, 2.05) is 6.07 Å². The fourth-order valence-corrected chi connectivity index (χ4v) is 1.44. The Balaban J connectivity index is 2.35. The van der Waals surface area contributed by atoms with Crippen LogP contribution in [0.3, 0.4) is 0 Å². The summed E-state index contributed by atoms with van der Waals surface area (Å²) >= 11 is 0. The molecule has 0 unspecified atom stereocenters. The van der Waals surface area contributed by atoms with Crippen molar-refractivity contribution in [3.63, 3.8) is 0 Å². The Hall–Kier alpha value is -2.24. The number of carbonyl (C=O) groups is 1. The smallest absolute Gasteiger partial charge is 0.358 e. The molecular formula is C12H14N4O2. The first-order valence-electron chi connectivity index (χ1n) is 5.58. The largest absolute Gasteiger partial charge is 0.464 e. The number of aromatic nitrogens is 4. The zero-order chi connectivity index (χ0) is 13.1. The third kappa shape index (κ3) is 2.37. The molecule has 0 radical (unpaired) electrons. The van der Waals surface area contributed by atoms with Crippen LogP contribution in [0.4, 0.5) is 0 Å². The van der Waals surface area contributed by atoms with Gasteiger partial charge >= 0.3 is 5.97 Å². The van der Waals surface area contributed by atoms with E-state index < -0.39 is 5.97 Å². The Morgan fingerprint density at radius 3 is 2.78 bits per heavy atom. The second-order valence-electron chi connectivity index (χ2n) is 4.09. The van der Waals surface area contributed by atoms with E-state index in [0.717, 1.165) is 5.69 Å². The lowest BCUT2D eigenvalue weighted by atomic mass is 10.1. The normalized spacial score (nSPS) is 10.7. The molecule has 0 saturated heterocycles. The van der Waals surface area contributed by atoms with Gasteiger partial charge in [-0.1, -0.05) is 13.8 Å². The van der Waals surface area contributed by atoms with E-state index in [9.17, 15) is 4.79 Å². The molecule has 0 bridgehead atoms. The van der Waals surface area contributed by atoms with Gasteiger partial charge < -0.3 is 4.74 Å². The average Bonchev–Trinajstić information content (AvgIpc) is 2.88. The van der Waals surface area contributed by atoms with Gasteiger partial charge in [0.15, 0.2) is 11.5 Å². The van der Waals surface area contributed by atoms with Gasteiger partial charge in [0.25, 0.3) is 0 Å². The molecule has 2 aromatic rings. The Bertz CT molecular complexity index is 563. The first kappa shape index (κ1) is 12.2. The molecule has 0 spiro atoms. The van der Waals surface area contributed by atoms with Crippen molar-refractivity contribution < 1.29 is 9.53 Å². The van der Waals surface area contributed by atoms with E-state index in [0.29, 0.717) is 11.7 Å². The van der Waals surface area contributed by atoms with Crippen LogP contribution in [0.15, 0.2) is 24.7 Å². The standard InChI is InChI=1S/C12H14N4O2/c1-8(2)9-4-5-16(15-9)11-7-13-6-10(14-11)12(17)18-3/h4-8H,1-3H3. The van der Waals surface area contributed by atoms with Gasteiger partial charge in [0.2, 0.25) is 0 Å². The Kier molecular flexibility index (Phi) is 3.36. The third-order valence-electron chi connectivity index (χ3n) is 2.45. The van der Waals surface area contributed by atoms with Crippen LogP contribution in [0, 0.1) is 0 Å². The predicted octanol–water partition coefficient (Wildman–Crippen LogP) is 1.57. The zero-order valence-corrected chi connectivity index (χ0v) is 10.5. The second kappa shape index (κ2) is 4.95.